The average Bonchev–Trinajstić information content (AvgIpc) is 2.48. The van der Waals surface area contributed by atoms with Gasteiger partial charge in [0.2, 0.25) is 5.95 Å². The highest BCUT2D eigenvalue weighted by Gasteiger charge is 2.11. The number of nitrogens with zero attached hydrogens (tertiary/aromatic N) is 3. The monoisotopic (exact) mass is 280 g/mol. The van der Waals surface area contributed by atoms with Gasteiger partial charge in [-0.2, -0.15) is 0 Å². The number of rotatable bonds is 2. The summed E-state index contributed by atoms with van der Waals surface area (Å²) < 4.78 is 13.1. The van der Waals surface area contributed by atoms with E-state index in [1.165, 1.54) is 12.1 Å². The molecular weight excluding hydrogens is 267 g/mol. The van der Waals surface area contributed by atoms with E-state index < -0.39 is 0 Å². The van der Waals surface area contributed by atoms with E-state index in [0.717, 1.165) is 22.4 Å². The first-order chi connectivity index (χ1) is 10.1. The van der Waals surface area contributed by atoms with E-state index in [9.17, 15) is 4.39 Å². The number of nitrogen functional groups attached to an aromatic ring is 1. The molecule has 4 nitrogen and oxygen atoms in total. The number of aromatic nitrogens is 3. The van der Waals surface area contributed by atoms with E-state index in [1.54, 1.807) is 24.5 Å². The first kappa shape index (κ1) is 13.2. The van der Waals surface area contributed by atoms with Crippen LogP contribution in [0.4, 0.5) is 10.3 Å². The van der Waals surface area contributed by atoms with Crippen molar-refractivity contribution >= 4 is 5.95 Å². The lowest BCUT2D eigenvalue weighted by Crippen LogP contribution is -1.99. The summed E-state index contributed by atoms with van der Waals surface area (Å²) in [5.74, 6) is -0.106. The van der Waals surface area contributed by atoms with Gasteiger partial charge in [-0.25, -0.2) is 14.4 Å². The van der Waals surface area contributed by atoms with Crippen molar-refractivity contribution < 1.29 is 4.39 Å². The molecule has 2 aromatic heterocycles. The van der Waals surface area contributed by atoms with Crippen molar-refractivity contribution in [3.8, 4) is 22.4 Å². The van der Waals surface area contributed by atoms with Gasteiger partial charge in [-0.3, -0.25) is 4.98 Å². The lowest BCUT2D eigenvalue weighted by atomic mass is 10.0. The summed E-state index contributed by atoms with van der Waals surface area (Å²) in [5, 5.41) is 0. The maximum absolute atomic E-state index is 13.1. The van der Waals surface area contributed by atoms with Gasteiger partial charge in [-0.15, -0.1) is 0 Å². The summed E-state index contributed by atoms with van der Waals surface area (Å²) >= 11 is 0. The van der Waals surface area contributed by atoms with Crippen LogP contribution in [0, 0.1) is 12.7 Å². The maximum Gasteiger partial charge on any atom is 0.220 e. The van der Waals surface area contributed by atoms with Gasteiger partial charge in [0.1, 0.15) is 5.82 Å². The van der Waals surface area contributed by atoms with Crippen LogP contribution in [0.5, 0.6) is 0 Å². The largest absolute Gasteiger partial charge is 0.368 e. The molecule has 0 radical (unpaired) electrons. The highest BCUT2D eigenvalue weighted by molar-refractivity contribution is 5.80. The predicted molar refractivity (Wildman–Crippen MR) is 79.8 cm³/mol. The summed E-state index contributed by atoms with van der Waals surface area (Å²) in [4.78, 5) is 12.5. The Morgan fingerprint density at radius 3 is 2.48 bits per heavy atom. The minimum Gasteiger partial charge on any atom is -0.368 e. The molecule has 0 bridgehead atoms. The van der Waals surface area contributed by atoms with Crippen LogP contribution in [0.2, 0.25) is 0 Å². The normalized spacial score (nSPS) is 10.6. The summed E-state index contributed by atoms with van der Waals surface area (Å²) in [7, 11) is 0. The molecule has 0 aliphatic carbocycles. The Morgan fingerprint density at radius 1 is 1.00 bits per heavy atom. The first-order valence-electron chi connectivity index (χ1n) is 6.45. The van der Waals surface area contributed by atoms with Gasteiger partial charge < -0.3 is 5.73 Å². The molecule has 0 aliphatic heterocycles. The molecule has 0 amide bonds. The smallest absolute Gasteiger partial charge is 0.220 e. The van der Waals surface area contributed by atoms with Gasteiger partial charge >= 0.3 is 0 Å². The van der Waals surface area contributed by atoms with E-state index in [1.807, 2.05) is 19.1 Å². The summed E-state index contributed by atoms with van der Waals surface area (Å²) in [6, 6.07) is 9.98. The second-order valence-electron chi connectivity index (χ2n) is 4.68. The molecule has 0 saturated heterocycles. The molecule has 3 rings (SSSR count). The Kier molecular flexibility index (Phi) is 3.31. The molecule has 0 atom stereocenters. The Labute approximate surface area is 121 Å². The molecule has 0 saturated carbocycles. The van der Waals surface area contributed by atoms with Crippen LogP contribution < -0.4 is 5.73 Å². The van der Waals surface area contributed by atoms with Crippen LogP contribution in [-0.2, 0) is 0 Å². The number of halogens is 1. The molecule has 1 aromatic carbocycles. The van der Waals surface area contributed by atoms with Crippen LogP contribution in [0.15, 0.2) is 48.8 Å². The first-order valence-corrected chi connectivity index (χ1v) is 6.45. The van der Waals surface area contributed by atoms with Crippen molar-refractivity contribution in [3.05, 3.63) is 60.3 Å². The van der Waals surface area contributed by atoms with Crippen LogP contribution in [0.25, 0.3) is 22.4 Å². The Hall–Kier alpha value is -2.82. The standard InChI is InChI=1S/C16H13FN4/c1-10-8-12(6-7-19-10)14-9-20-16(18)21-15(14)11-2-4-13(17)5-3-11/h2-9H,1H3,(H2,18,20,21). The number of nitrogens with two attached hydrogens (primary N) is 1. The molecule has 0 fully saturated rings. The third-order valence-electron chi connectivity index (χ3n) is 3.13. The fourth-order valence-corrected chi connectivity index (χ4v) is 2.15. The number of pyridine rings is 1. The predicted octanol–water partition coefficient (Wildman–Crippen LogP) is 3.24. The second-order valence-corrected chi connectivity index (χ2v) is 4.68. The van der Waals surface area contributed by atoms with Crippen molar-refractivity contribution in [3.63, 3.8) is 0 Å². The lowest BCUT2D eigenvalue weighted by molar-refractivity contribution is 0.628. The second kappa shape index (κ2) is 5.28. The van der Waals surface area contributed by atoms with E-state index in [2.05, 4.69) is 15.0 Å². The van der Waals surface area contributed by atoms with Crippen LogP contribution in [-0.4, -0.2) is 15.0 Å². The van der Waals surface area contributed by atoms with Crippen molar-refractivity contribution in [1.29, 1.82) is 0 Å². The van der Waals surface area contributed by atoms with Crippen LogP contribution in [0.1, 0.15) is 5.69 Å². The van der Waals surface area contributed by atoms with Gasteiger partial charge in [0.15, 0.2) is 0 Å². The number of anilines is 1. The molecule has 0 spiro atoms. The molecule has 2 heterocycles. The molecule has 104 valence electrons. The average molecular weight is 280 g/mol. The molecule has 21 heavy (non-hydrogen) atoms. The molecule has 2 N–H and O–H groups in total. The highest BCUT2D eigenvalue weighted by Crippen LogP contribution is 2.30. The summed E-state index contributed by atoms with van der Waals surface area (Å²) in [5.41, 5.74) is 9.83. The molecular formula is C16H13FN4. The number of hydrogen-bond acceptors (Lipinski definition) is 4. The minimum absolute atomic E-state index is 0.184. The van der Waals surface area contributed by atoms with Gasteiger partial charge in [0.05, 0.1) is 5.69 Å². The Bertz CT molecular complexity index is 785. The summed E-state index contributed by atoms with van der Waals surface area (Å²) in [6.07, 6.45) is 3.41. The zero-order valence-corrected chi connectivity index (χ0v) is 11.4. The molecule has 5 heteroatoms. The number of aryl methyl sites for hydroxylation is 1. The summed E-state index contributed by atoms with van der Waals surface area (Å²) in [6.45, 7) is 1.92. The topological polar surface area (TPSA) is 64.7 Å². The molecule has 3 aromatic rings. The van der Waals surface area contributed by atoms with Crippen LogP contribution >= 0.6 is 0 Å². The van der Waals surface area contributed by atoms with E-state index in [0.29, 0.717) is 5.69 Å². The Balaban J connectivity index is 2.20. The van der Waals surface area contributed by atoms with Crippen molar-refractivity contribution in [2.24, 2.45) is 0 Å². The third-order valence-corrected chi connectivity index (χ3v) is 3.13. The number of hydrogen-bond donors (Lipinski definition) is 1. The highest BCUT2D eigenvalue weighted by atomic mass is 19.1. The van der Waals surface area contributed by atoms with E-state index in [4.69, 9.17) is 5.73 Å². The molecule has 0 unspecified atom stereocenters. The van der Waals surface area contributed by atoms with E-state index >= 15 is 0 Å². The maximum atomic E-state index is 13.1. The third kappa shape index (κ3) is 2.72. The zero-order valence-electron chi connectivity index (χ0n) is 11.4. The fourth-order valence-electron chi connectivity index (χ4n) is 2.15. The van der Waals surface area contributed by atoms with Gasteiger partial charge in [0.25, 0.3) is 0 Å². The zero-order chi connectivity index (χ0) is 14.8. The lowest BCUT2D eigenvalue weighted by Gasteiger charge is -2.10. The van der Waals surface area contributed by atoms with Gasteiger partial charge in [-0.1, -0.05) is 0 Å². The van der Waals surface area contributed by atoms with Gasteiger partial charge in [0, 0.05) is 29.2 Å². The van der Waals surface area contributed by atoms with Crippen LogP contribution in [0.3, 0.4) is 0 Å². The van der Waals surface area contributed by atoms with Crippen molar-refractivity contribution in [2.75, 3.05) is 5.73 Å². The fraction of sp³-hybridized carbons (Fsp3) is 0.0625. The molecule has 0 aliphatic rings. The quantitative estimate of drug-likeness (QED) is 0.782. The van der Waals surface area contributed by atoms with Crippen molar-refractivity contribution in [1.82, 2.24) is 15.0 Å². The van der Waals surface area contributed by atoms with Gasteiger partial charge in [-0.05, 0) is 48.9 Å². The Morgan fingerprint density at radius 2 is 1.76 bits per heavy atom. The number of benzene rings is 1. The van der Waals surface area contributed by atoms with Crippen molar-refractivity contribution in [2.45, 2.75) is 6.92 Å². The minimum atomic E-state index is -0.290. The van der Waals surface area contributed by atoms with E-state index in [-0.39, 0.29) is 11.8 Å². The SMILES string of the molecule is Cc1cc(-c2cnc(N)nc2-c2ccc(F)cc2)ccn1.